The van der Waals surface area contributed by atoms with Crippen molar-refractivity contribution in [3.8, 4) is 0 Å². The highest BCUT2D eigenvalue weighted by atomic mass is 16.6. The van der Waals surface area contributed by atoms with Gasteiger partial charge in [-0.3, -0.25) is 0 Å². The number of hydrogen-bond donors (Lipinski definition) is 1. The molecular weight excluding hydrogens is 620 g/mol. The van der Waals surface area contributed by atoms with Crippen molar-refractivity contribution in [2.45, 2.75) is 6.10 Å². The SMILES string of the molecule is COCC(C=Cc1ccccc1)OCCOCCOCCOCCOCCOCCOCCOCCOCCOC(=O)C=CC(=O)O. The van der Waals surface area contributed by atoms with E-state index in [0.717, 1.165) is 11.6 Å². The number of aliphatic carboxylic acids is 1. The number of ether oxygens (including phenoxy) is 11. The lowest BCUT2D eigenvalue weighted by molar-refractivity contribution is -0.140. The van der Waals surface area contributed by atoms with Gasteiger partial charge < -0.3 is 57.2 Å². The van der Waals surface area contributed by atoms with E-state index in [4.69, 9.17) is 57.2 Å². The summed E-state index contributed by atoms with van der Waals surface area (Å²) < 4.78 is 59.3. The minimum absolute atomic E-state index is 0.0294. The van der Waals surface area contributed by atoms with Crippen LogP contribution in [0.15, 0.2) is 48.6 Å². The van der Waals surface area contributed by atoms with Crippen molar-refractivity contribution in [1.82, 2.24) is 0 Å². The maximum Gasteiger partial charge on any atom is 0.331 e. The van der Waals surface area contributed by atoms with Gasteiger partial charge >= 0.3 is 11.9 Å². The van der Waals surface area contributed by atoms with Crippen LogP contribution in [0, 0.1) is 0 Å². The summed E-state index contributed by atoms with van der Waals surface area (Å²) >= 11 is 0. The fourth-order valence-electron chi connectivity index (χ4n) is 3.39. The molecule has 1 N–H and O–H groups in total. The van der Waals surface area contributed by atoms with E-state index < -0.39 is 11.9 Å². The number of rotatable bonds is 34. The van der Waals surface area contributed by atoms with Gasteiger partial charge in [0.1, 0.15) is 6.61 Å². The molecule has 1 unspecified atom stereocenters. The quantitative estimate of drug-likeness (QED) is 0.0645. The van der Waals surface area contributed by atoms with Crippen LogP contribution >= 0.6 is 0 Å². The van der Waals surface area contributed by atoms with Crippen molar-refractivity contribution in [2.75, 3.05) is 133 Å². The maximum absolute atomic E-state index is 11.1. The smallest absolute Gasteiger partial charge is 0.331 e. The third kappa shape index (κ3) is 30.3. The van der Waals surface area contributed by atoms with Crippen LogP contribution in [0.25, 0.3) is 6.08 Å². The summed E-state index contributed by atoms with van der Waals surface area (Å²) in [6.07, 6.45) is 5.43. The van der Waals surface area contributed by atoms with Crippen molar-refractivity contribution in [3.63, 3.8) is 0 Å². The molecule has 0 bridgehead atoms. The minimum atomic E-state index is -1.22. The molecule has 0 spiro atoms. The van der Waals surface area contributed by atoms with Crippen LogP contribution in [0.1, 0.15) is 5.56 Å². The zero-order chi connectivity index (χ0) is 33.9. The van der Waals surface area contributed by atoms with E-state index in [2.05, 4.69) is 0 Å². The first-order chi connectivity index (χ1) is 23.1. The van der Waals surface area contributed by atoms with Gasteiger partial charge in [-0.1, -0.05) is 42.5 Å². The number of methoxy groups -OCH3 is 1. The highest BCUT2D eigenvalue weighted by molar-refractivity contribution is 5.90. The fourth-order valence-corrected chi connectivity index (χ4v) is 3.39. The molecule has 0 aliphatic rings. The number of carboxylic acids is 1. The molecule has 0 heterocycles. The summed E-state index contributed by atoms with van der Waals surface area (Å²) in [6.45, 7) is 7.93. The topological polar surface area (TPSA) is 156 Å². The molecule has 0 amide bonds. The van der Waals surface area contributed by atoms with Gasteiger partial charge in [-0.25, -0.2) is 9.59 Å². The van der Waals surface area contributed by atoms with E-state index in [-0.39, 0.29) is 19.3 Å². The van der Waals surface area contributed by atoms with Crippen LogP contribution in [0.4, 0.5) is 0 Å². The van der Waals surface area contributed by atoms with Gasteiger partial charge in [-0.15, -0.1) is 0 Å². The third-order valence-electron chi connectivity index (χ3n) is 5.63. The number of carbonyl (C=O) groups is 2. The van der Waals surface area contributed by atoms with E-state index in [9.17, 15) is 9.59 Å². The minimum Gasteiger partial charge on any atom is -0.478 e. The number of carbonyl (C=O) groups excluding carboxylic acids is 1. The first-order valence-corrected chi connectivity index (χ1v) is 15.6. The molecule has 0 saturated heterocycles. The molecule has 0 radical (unpaired) electrons. The Balaban J connectivity index is 1.73. The summed E-state index contributed by atoms with van der Waals surface area (Å²) in [5, 5.41) is 8.41. The molecule has 47 heavy (non-hydrogen) atoms. The number of benzene rings is 1. The highest BCUT2D eigenvalue weighted by Crippen LogP contribution is 2.04. The Bertz CT molecular complexity index is 912. The van der Waals surface area contributed by atoms with Gasteiger partial charge in [0, 0.05) is 19.3 Å². The normalized spacial score (nSPS) is 12.3. The second-order valence-electron chi connectivity index (χ2n) is 9.37. The van der Waals surface area contributed by atoms with Gasteiger partial charge in [0.15, 0.2) is 0 Å². The van der Waals surface area contributed by atoms with Crippen LogP contribution < -0.4 is 0 Å². The van der Waals surface area contributed by atoms with Crippen molar-refractivity contribution < 1.29 is 66.8 Å². The van der Waals surface area contributed by atoms with E-state index >= 15 is 0 Å². The molecular formula is C33H52O14. The highest BCUT2D eigenvalue weighted by Gasteiger charge is 2.04. The Hall–Kier alpha value is -2.76. The van der Waals surface area contributed by atoms with Crippen LogP contribution in [-0.4, -0.2) is 156 Å². The molecule has 268 valence electrons. The van der Waals surface area contributed by atoms with Gasteiger partial charge in [-0.05, 0) is 5.56 Å². The molecule has 1 atom stereocenters. The Morgan fingerprint density at radius 3 is 1.40 bits per heavy atom. The first kappa shape index (κ1) is 42.3. The lowest BCUT2D eigenvalue weighted by Crippen LogP contribution is -2.20. The molecule has 1 aromatic rings. The first-order valence-electron chi connectivity index (χ1n) is 15.6. The largest absolute Gasteiger partial charge is 0.478 e. The third-order valence-corrected chi connectivity index (χ3v) is 5.63. The summed E-state index contributed by atoms with van der Waals surface area (Å²) in [6, 6.07) is 10.0. The van der Waals surface area contributed by atoms with Crippen molar-refractivity contribution in [1.29, 1.82) is 0 Å². The van der Waals surface area contributed by atoms with Crippen molar-refractivity contribution in [3.05, 3.63) is 54.1 Å². The molecule has 0 fully saturated rings. The van der Waals surface area contributed by atoms with Gasteiger partial charge in [0.05, 0.1) is 125 Å². The van der Waals surface area contributed by atoms with E-state index in [1.807, 2.05) is 42.5 Å². The molecule has 14 heteroatoms. The summed E-state index contributed by atoms with van der Waals surface area (Å²) in [5.74, 6) is -1.95. The van der Waals surface area contributed by atoms with Crippen LogP contribution in [0.5, 0.6) is 0 Å². The Kier molecular flexibility index (Phi) is 29.8. The standard InChI is InChI=1S/C33H52O14/c1-37-29-31(8-7-30-5-3-2-4-6-30)46-27-25-44-23-21-42-19-17-40-15-13-38-11-12-39-14-16-41-18-20-43-22-24-45-26-28-47-33(36)10-9-32(34)35/h2-10,31H,11-29H2,1H3,(H,34,35). The Morgan fingerprint density at radius 1 is 0.596 bits per heavy atom. The predicted molar refractivity (Wildman–Crippen MR) is 171 cm³/mol. The fraction of sp³-hybridized carbons (Fsp3) is 0.636. The molecule has 14 nitrogen and oxygen atoms in total. The number of esters is 1. The summed E-state index contributed by atoms with van der Waals surface area (Å²) in [4.78, 5) is 21.4. The maximum atomic E-state index is 11.1. The summed E-state index contributed by atoms with van der Waals surface area (Å²) in [7, 11) is 1.65. The molecule has 0 aliphatic heterocycles. The van der Waals surface area contributed by atoms with Crippen molar-refractivity contribution in [2.24, 2.45) is 0 Å². The summed E-state index contributed by atoms with van der Waals surface area (Å²) in [5.41, 5.74) is 1.11. The molecule has 0 aliphatic carbocycles. The zero-order valence-electron chi connectivity index (χ0n) is 27.5. The van der Waals surface area contributed by atoms with Crippen LogP contribution in [0.2, 0.25) is 0 Å². The van der Waals surface area contributed by atoms with Gasteiger partial charge in [-0.2, -0.15) is 0 Å². The van der Waals surface area contributed by atoms with Gasteiger partial charge in [0.25, 0.3) is 0 Å². The Morgan fingerprint density at radius 2 is 1.00 bits per heavy atom. The molecule has 0 saturated carbocycles. The molecule has 1 rings (SSSR count). The van der Waals surface area contributed by atoms with Crippen LogP contribution in [-0.2, 0) is 61.7 Å². The number of hydrogen-bond acceptors (Lipinski definition) is 13. The zero-order valence-corrected chi connectivity index (χ0v) is 27.5. The average molecular weight is 673 g/mol. The van der Waals surface area contributed by atoms with E-state index in [0.29, 0.717) is 118 Å². The molecule has 0 aromatic heterocycles. The lowest BCUT2D eigenvalue weighted by Gasteiger charge is -2.13. The van der Waals surface area contributed by atoms with E-state index in [1.165, 1.54) is 0 Å². The second kappa shape index (κ2) is 33.2. The number of carboxylic acid groups (broad SMARTS) is 1. The molecule has 1 aromatic carbocycles. The monoisotopic (exact) mass is 672 g/mol. The van der Waals surface area contributed by atoms with E-state index in [1.54, 1.807) is 7.11 Å². The Labute approximate surface area is 277 Å². The van der Waals surface area contributed by atoms with Crippen LogP contribution in [0.3, 0.4) is 0 Å². The predicted octanol–water partition coefficient (Wildman–Crippen LogP) is 2.05. The lowest BCUT2D eigenvalue weighted by atomic mass is 10.2. The van der Waals surface area contributed by atoms with Gasteiger partial charge in [0.2, 0.25) is 0 Å². The average Bonchev–Trinajstić information content (AvgIpc) is 3.07. The second-order valence-corrected chi connectivity index (χ2v) is 9.37. The van der Waals surface area contributed by atoms with Crippen molar-refractivity contribution >= 4 is 18.0 Å².